The van der Waals surface area contributed by atoms with Crippen LogP contribution in [-0.2, 0) is 13.1 Å². The molecule has 2 heterocycles. The van der Waals surface area contributed by atoms with Gasteiger partial charge in [0.1, 0.15) is 12.4 Å². The molecule has 1 aliphatic heterocycles. The molecular weight excluding hydrogens is 297 g/mol. The lowest BCUT2D eigenvalue weighted by Crippen LogP contribution is -2.56. The fraction of sp³-hybridized carbons (Fsp3) is 0.714. The molecule has 1 aromatic rings. The summed E-state index contributed by atoms with van der Waals surface area (Å²) in [5, 5.41) is 2.64. The van der Waals surface area contributed by atoms with Gasteiger partial charge in [0.05, 0.1) is 6.54 Å². The van der Waals surface area contributed by atoms with E-state index < -0.39 is 12.7 Å². The molecule has 2 fully saturated rings. The van der Waals surface area contributed by atoms with Crippen LogP contribution in [0.25, 0.3) is 0 Å². The number of carbonyl (C=O) groups excluding carboxylic acids is 1. The van der Waals surface area contributed by atoms with Crippen molar-refractivity contribution in [3.63, 3.8) is 0 Å². The molecule has 2 aliphatic rings. The molecule has 0 unspecified atom stereocenters. The normalized spacial score (nSPS) is 19.7. The van der Waals surface area contributed by atoms with Crippen molar-refractivity contribution in [2.75, 3.05) is 13.1 Å². The summed E-state index contributed by atoms with van der Waals surface area (Å²) >= 11 is 0. The van der Waals surface area contributed by atoms with Gasteiger partial charge in [0.2, 0.25) is 0 Å². The van der Waals surface area contributed by atoms with Gasteiger partial charge in [0.25, 0.3) is 0 Å². The molecule has 0 atom stereocenters. The van der Waals surface area contributed by atoms with Crippen molar-refractivity contribution in [3.05, 3.63) is 18.2 Å². The highest BCUT2D eigenvalue weighted by molar-refractivity contribution is 5.74. The molecule has 5 nitrogen and oxygen atoms in total. The van der Waals surface area contributed by atoms with E-state index in [2.05, 4.69) is 10.3 Å². The Kier molecular flexibility index (Phi) is 4.01. The fourth-order valence-electron chi connectivity index (χ4n) is 3.00. The summed E-state index contributed by atoms with van der Waals surface area (Å²) in [6, 6.07) is -0.225. The molecule has 8 heteroatoms. The molecule has 0 spiro atoms. The highest BCUT2D eigenvalue weighted by Gasteiger charge is 2.38. The quantitative estimate of drug-likeness (QED) is 0.927. The number of nitrogens with one attached hydrogen (secondary N) is 1. The van der Waals surface area contributed by atoms with E-state index in [1.165, 1.54) is 31.7 Å². The first kappa shape index (κ1) is 15.2. The van der Waals surface area contributed by atoms with Gasteiger partial charge in [-0.15, -0.1) is 0 Å². The maximum absolute atomic E-state index is 12.4. The second-order valence-corrected chi connectivity index (χ2v) is 6.10. The second kappa shape index (κ2) is 5.81. The van der Waals surface area contributed by atoms with Crippen molar-refractivity contribution in [2.24, 2.45) is 11.8 Å². The largest absolute Gasteiger partial charge is 0.406 e. The Morgan fingerprint density at radius 3 is 2.64 bits per heavy atom. The van der Waals surface area contributed by atoms with Crippen LogP contribution in [0.3, 0.4) is 0 Å². The lowest BCUT2D eigenvalue weighted by Gasteiger charge is -2.46. The van der Waals surface area contributed by atoms with Crippen LogP contribution in [0, 0.1) is 11.8 Å². The molecular formula is C14H19F3N4O. The predicted molar refractivity (Wildman–Crippen MR) is 72.9 cm³/mol. The zero-order valence-electron chi connectivity index (χ0n) is 12.1. The number of hydrogen-bond acceptors (Lipinski definition) is 2. The number of halogens is 3. The Bertz CT molecular complexity index is 532. The number of imidazole rings is 1. The van der Waals surface area contributed by atoms with Crippen molar-refractivity contribution in [2.45, 2.75) is 38.5 Å². The predicted octanol–water partition coefficient (Wildman–Crippen LogP) is 2.39. The third-order valence-corrected chi connectivity index (χ3v) is 4.56. The first-order valence-corrected chi connectivity index (χ1v) is 7.52. The van der Waals surface area contributed by atoms with E-state index >= 15 is 0 Å². The van der Waals surface area contributed by atoms with E-state index in [0.717, 1.165) is 23.6 Å². The molecule has 122 valence electrons. The molecule has 22 heavy (non-hydrogen) atoms. The van der Waals surface area contributed by atoms with Crippen molar-refractivity contribution < 1.29 is 18.0 Å². The van der Waals surface area contributed by atoms with Crippen LogP contribution >= 0.6 is 0 Å². The molecule has 1 aromatic heterocycles. The number of alkyl halides is 3. The van der Waals surface area contributed by atoms with E-state index in [0.29, 0.717) is 5.92 Å². The molecule has 1 N–H and O–H groups in total. The minimum absolute atomic E-state index is 0.00646. The maximum atomic E-state index is 12.4. The molecule has 1 saturated carbocycles. The summed E-state index contributed by atoms with van der Waals surface area (Å²) in [4.78, 5) is 17.5. The van der Waals surface area contributed by atoms with Gasteiger partial charge in [-0.2, -0.15) is 13.2 Å². The maximum Gasteiger partial charge on any atom is 0.406 e. The van der Waals surface area contributed by atoms with E-state index in [1.807, 2.05) is 0 Å². The summed E-state index contributed by atoms with van der Waals surface area (Å²) in [5.74, 6) is 1.57. The number of likely N-dealkylation sites (tertiary alicyclic amines) is 1. The third-order valence-electron chi connectivity index (χ3n) is 4.56. The van der Waals surface area contributed by atoms with Crippen molar-refractivity contribution in [1.29, 1.82) is 0 Å². The lowest BCUT2D eigenvalue weighted by molar-refractivity contribution is -0.141. The number of nitrogens with zero attached hydrogens (tertiary/aromatic N) is 3. The van der Waals surface area contributed by atoms with Gasteiger partial charge in [0, 0.05) is 25.5 Å². The third kappa shape index (κ3) is 3.36. The zero-order valence-corrected chi connectivity index (χ0v) is 12.1. The van der Waals surface area contributed by atoms with Gasteiger partial charge in [0.15, 0.2) is 0 Å². The van der Waals surface area contributed by atoms with E-state index in [1.54, 1.807) is 4.90 Å². The smallest absolute Gasteiger partial charge is 0.331 e. The second-order valence-electron chi connectivity index (χ2n) is 6.10. The number of rotatable bonds is 4. The minimum Gasteiger partial charge on any atom is -0.331 e. The van der Waals surface area contributed by atoms with E-state index in [-0.39, 0.29) is 18.4 Å². The molecule has 1 aliphatic carbocycles. The van der Waals surface area contributed by atoms with E-state index in [4.69, 9.17) is 0 Å². The zero-order chi connectivity index (χ0) is 15.7. The van der Waals surface area contributed by atoms with Crippen LogP contribution in [0.15, 0.2) is 12.4 Å². The summed E-state index contributed by atoms with van der Waals surface area (Å²) in [5.41, 5.74) is 0. The lowest BCUT2D eigenvalue weighted by atomic mass is 9.73. The molecule has 1 saturated heterocycles. The van der Waals surface area contributed by atoms with Crippen LogP contribution < -0.4 is 5.32 Å². The Morgan fingerprint density at radius 1 is 1.32 bits per heavy atom. The van der Waals surface area contributed by atoms with Crippen molar-refractivity contribution in [1.82, 2.24) is 19.8 Å². The van der Waals surface area contributed by atoms with Crippen LogP contribution in [0.2, 0.25) is 0 Å². The van der Waals surface area contributed by atoms with Gasteiger partial charge in [-0.25, -0.2) is 9.78 Å². The number of carbonyl (C=O) groups is 1. The molecule has 3 rings (SSSR count). The standard InChI is InChI=1S/C14H19F3N4O/c15-14(16,17)9-20-5-4-18-12(20)6-19-13(22)21-7-11(8-21)10-2-1-3-10/h4-5,10-11H,1-3,6-9H2,(H,19,22). The summed E-state index contributed by atoms with van der Waals surface area (Å²) < 4.78 is 38.2. The molecule has 0 radical (unpaired) electrons. The monoisotopic (exact) mass is 316 g/mol. The Balaban J connectivity index is 1.45. The summed E-state index contributed by atoms with van der Waals surface area (Å²) in [6.45, 7) is 0.430. The topological polar surface area (TPSA) is 50.2 Å². The summed E-state index contributed by atoms with van der Waals surface area (Å²) in [7, 11) is 0. The average molecular weight is 316 g/mol. The van der Waals surface area contributed by atoms with Crippen LogP contribution in [0.1, 0.15) is 25.1 Å². The van der Waals surface area contributed by atoms with Gasteiger partial charge in [-0.05, 0) is 11.8 Å². The SMILES string of the molecule is O=C(NCc1nccn1CC(F)(F)F)N1CC(C2CCC2)C1. The van der Waals surface area contributed by atoms with E-state index in [9.17, 15) is 18.0 Å². The van der Waals surface area contributed by atoms with Gasteiger partial charge < -0.3 is 14.8 Å². The molecule has 0 aromatic carbocycles. The van der Waals surface area contributed by atoms with Crippen molar-refractivity contribution in [3.8, 4) is 0 Å². The van der Waals surface area contributed by atoms with Crippen LogP contribution in [0.4, 0.5) is 18.0 Å². The average Bonchev–Trinajstić information content (AvgIpc) is 2.72. The van der Waals surface area contributed by atoms with Crippen LogP contribution in [0.5, 0.6) is 0 Å². The summed E-state index contributed by atoms with van der Waals surface area (Å²) in [6.07, 6.45) is 2.08. The Hall–Kier alpha value is -1.73. The number of aromatic nitrogens is 2. The van der Waals surface area contributed by atoms with Gasteiger partial charge in [-0.3, -0.25) is 0 Å². The first-order chi connectivity index (χ1) is 10.4. The number of urea groups is 1. The fourth-order valence-corrected chi connectivity index (χ4v) is 3.00. The Morgan fingerprint density at radius 2 is 2.05 bits per heavy atom. The van der Waals surface area contributed by atoms with Crippen LogP contribution in [-0.4, -0.2) is 39.7 Å². The number of amides is 2. The van der Waals surface area contributed by atoms with Gasteiger partial charge in [-0.1, -0.05) is 19.3 Å². The molecule has 0 bridgehead atoms. The van der Waals surface area contributed by atoms with Crippen molar-refractivity contribution >= 4 is 6.03 Å². The Labute approximate surface area is 126 Å². The number of hydrogen-bond donors (Lipinski definition) is 1. The first-order valence-electron chi connectivity index (χ1n) is 7.52. The minimum atomic E-state index is -4.30. The van der Waals surface area contributed by atoms with Gasteiger partial charge >= 0.3 is 12.2 Å². The highest BCUT2D eigenvalue weighted by atomic mass is 19.4. The highest BCUT2D eigenvalue weighted by Crippen LogP contribution is 2.38. The molecule has 2 amide bonds.